The largest absolute Gasteiger partial charge is 0.236 e. The van der Waals surface area contributed by atoms with Crippen molar-refractivity contribution < 1.29 is 0 Å². The Morgan fingerprint density at radius 2 is 2.07 bits per heavy atom. The highest BCUT2D eigenvalue weighted by atomic mass is 35.5. The number of aryl methyl sites for hydroxylation is 2. The molecule has 0 saturated carbocycles. The minimum Gasteiger partial charge on any atom is -0.236 e. The van der Waals surface area contributed by atoms with E-state index < -0.39 is 0 Å². The lowest BCUT2D eigenvalue weighted by atomic mass is 10.1. The lowest BCUT2D eigenvalue weighted by Crippen LogP contribution is -1.96. The van der Waals surface area contributed by atoms with Gasteiger partial charge in [0, 0.05) is 10.4 Å². The van der Waals surface area contributed by atoms with Crippen molar-refractivity contribution in [2.45, 2.75) is 18.7 Å². The van der Waals surface area contributed by atoms with Gasteiger partial charge in [-0.1, -0.05) is 11.6 Å². The summed E-state index contributed by atoms with van der Waals surface area (Å²) in [5.41, 5.74) is 3.24. The van der Waals surface area contributed by atoms with Crippen LogP contribution < -0.4 is 0 Å². The summed E-state index contributed by atoms with van der Waals surface area (Å²) in [6.45, 7) is 0. The Morgan fingerprint density at radius 1 is 1.20 bits per heavy atom. The van der Waals surface area contributed by atoms with Crippen LogP contribution in [0.1, 0.15) is 17.1 Å². The maximum Gasteiger partial charge on any atom is 0.144 e. The van der Waals surface area contributed by atoms with E-state index in [1.54, 1.807) is 0 Å². The second-order valence-corrected chi connectivity index (χ2v) is 4.31. The van der Waals surface area contributed by atoms with Crippen LogP contribution in [0.4, 0.5) is 0 Å². The van der Waals surface area contributed by atoms with Crippen LogP contribution in [0.15, 0.2) is 12.1 Å². The summed E-state index contributed by atoms with van der Waals surface area (Å²) in [5, 5.41) is 1.96. The monoisotopic (exact) mass is 238 g/mol. The standard InChI is InChI=1S/C11H8Cl2N2/c12-5-10-14-8-3-1-6-7(13)2-4-9(15-10)11(6)8/h2,4H,1,3,5H2. The Morgan fingerprint density at radius 3 is 2.87 bits per heavy atom. The highest BCUT2D eigenvalue weighted by molar-refractivity contribution is 6.32. The molecule has 1 aromatic carbocycles. The molecule has 3 rings (SSSR count). The third kappa shape index (κ3) is 1.32. The molecule has 0 radical (unpaired) electrons. The molecular weight excluding hydrogens is 231 g/mol. The van der Waals surface area contributed by atoms with E-state index in [0.717, 1.165) is 34.5 Å². The van der Waals surface area contributed by atoms with Crippen molar-refractivity contribution in [1.82, 2.24) is 9.97 Å². The second-order valence-electron chi connectivity index (χ2n) is 3.64. The van der Waals surface area contributed by atoms with E-state index in [0.29, 0.717) is 11.7 Å². The maximum absolute atomic E-state index is 6.13. The Labute approximate surface area is 97.2 Å². The normalized spacial score (nSPS) is 13.7. The summed E-state index contributed by atoms with van der Waals surface area (Å²) in [6.07, 6.45) is 1.91. The molecule has 1 heterocycles. The zero-order chi connectivity index (χ0) is 10.4. The quantitative estimate of drug-likeness (QED) is 0.714. The van der Waals surface area contributed by atoms with Crippen LogP contribution in [0.5, 0.6) is 0 Å². The number of rotatable bonds is 1. The SMILES string of the molecule is ClCc1nc2c3c(c(Cl)ccc3n1)CC2. The van der Waals surface area contributed by atoms with Gasteiger partial charge in [0.2, 0.25) is 0 Å². The summed E-state index contributed by atoms with van der Waals surface area (Å²) in [7, 11) is 0. The number of halogens is 2. The van der Waals surface area contributed by atoms with Gasteiger partial charge in [-0.15, -0.1) is 11.6 Å². The fourth-order valence-corrected chi connectivity index (χ4v) is 2.50. The first-order valence-corrected chi connectivity index (χ1v) is 5.73. The third-order valence-corrected chi connectivity index (χ3v) is 3.36. The van der Waals surface area contributed by atoms with E-state index in [2.05, 4.69) is 9.97 Å². The molecule has 1 aliphatic rings. The third-order valence-electron chi connectivity index (χ3n) is 2.77. The van der Waals surface area contributed by atoms with Crippen LogP contribution in [-0.2, 0) is 18.7 Å². The number of nitrogens with zero attached hydrogens (tertiary/aromatic N) is 2. The second kappa shape index (κ2) is 3.32. The van der Waals surface area contributed by atoms with E-state index in [-0.39, 0.29) is 0 Å². The van der Waals surface area contributed by atoms with Crippen molar-refractivity contribution >= 4 is 34.1 Å². The van der Waals surface area contributed by atoms with Crippen molar-refractivity contribution in [3.05, 3.63) is 34.2 Å². The maximum atomic E-state index is 6.13. The zero-order valence-electron chi connectivity index (χ0n) is 7.93. The zero-order valence-corrected chi connectivity index (χ0v) is 9.44. The first-order chi connectivity index (χ1) is 7.29. The summed E-state index contributed by atoms with van der Waals surface area (Å²) in [4.78, 5) is 8.82. The van der Waals surface area contributed by atoms with Gasteiger partial charge in [-0.2, -0.15) is 0 Å². The average molecular weight is 239 g/mol. The van der Waals surface area contributed by atoms with E-state index in [4.69, 9.17) is 23.2 Å². The van der Waals surface area contributed by atoms with Crippen molar-refractivity contribution in [2.75, 3.05) is 0 Å². The van der Waals surface area contributed by atoms with Gasteiger partial charge in [0.1, 0.15) is 5.82 Å². The summed E-state index contributed by atoms with van der Waals surface area (Å²) >= 11 is 11.9. The molecule has 0 amide bonds. The van der Waals surface area contributed by atoms with E-state index >= 15 is 0 Å². The number of hydrogen-bond donors (Lipinski definition) is 0. The first-order valence-electron chi connectivity index (χ1n) is 4.82. The molecule has 0 unspecified atom stereocenters. The molecule has 2 aromatic rings. The minimum absolute atomic E-state index is 0.362. The summed E-state index contributed by atoms with van der Waals surface area (Å²) < 4.78 is 0. The van der Waals surface area contributed by atoms with Gasteiger partial charge < -0.3 is 0 Å². The fourth-order valence-electron chi connectivity index (χ4n) is 2.13. The van der Waals surface area contributed by atoms with Crippen LogP contribution in [0.3, 0.4) is 0 Å². The molecule has 1 aliphatic carbocycles. The van der Waals surface area contributed by atoms with Gasteiger partial charge >= 0.3 is 0 Å². The van der Waals surface area contributed by atoms with Crippen LogP contribution >= 0.6 is 23.2 Å². The summed E-state index contributed by atoms with van der Waals surface area (Å²) in [5.74, 6) is 1.07. The van der Waals surface area contributed by atoms with Gasteiger partial charge in [-0.05, 0) is 30.5 Å². The molecule has 2 nitrogen and oxygen atoms in total. The fraction of sp³-hybridized carbons (Fsp3) is 0.273. The van der Waals surface area contributed by atoms with Crippen LogP contribution in [0.25, 0.3) is 10.9 Å². The Hall–Kier alpha value is -0.860. The number of benzene rings is 1. The minimum atomic E-state index is 0.362. The first kappa shape index (κ1) is 9.37. The molecular formula is C11H8Cl2N2. The highest BCUT2D eigenvalue weighted by Gasteiger charge is 2.19. The van der Waals surface area contributed by atoms with E-state index in [1.165, 1.54) is 5.56 Å². The lowest BCUT2D eigenvalue weighted by molar-refractivity contribution is 0.940. The topological polar surface area (TPSA) is 25.8 Å². The van der Waals surface area contributed by atoms with Gasteiger partial charge in [0.05, 0.1) is 17.1 Å². The highest BCUT2D eigenvalue weighted by Crippen LogP contribution is 2.33. The lowest BCUT2D eigenvalue weighted by Gasteiger charge is -2.03. The number of aromatic nitrogens is 2. The predicted molar refractivity (Wildman–Crippen MR) is 61.5 cm³/mol. The molecule has 76 valence electrons. The molecule has 0 saturated heterocycles. The molecule has 0 fully saturated rings. The van der Waals surface area contributed by atoms with Crippen molar-refractivity contribution in [3.8, 4) is 0 Å². The van der Waals surface area contributed by atoms with Gasteiger partial charge in [0.15, 0.2) is 0 Å². The Bertz CT molecular complexity index is 552. The molecule has 4 heteroatoms. The van der Waals surface area contributed by atoms with Crippen molar-refractivity contribution in [2.24, 2.45) is 0 Å². The Balaban J connectivity index is 2.42. The van der Waals surface area contributed by atoms with Crippen molar-refractivity contribution in [3.63, 3.8) is 0 Å². The smallest absolute Gasteiger partial charge is 0.144 e. The van der Waals surface area contributed by atoms with Crippen LogP contribution in [0.2, 0.25) is 5.02 Å². The predicted octanol–water partition coefficient (Wildman–Crippen LogP) is 3.12. The number of alkyl halides is 1. The summed E-state index contributed by atoms with van der Waals surface area (Å²) in [6, 6.07) is 3.84. The molecule has 15 heavy (non-hydrogen) atoms. The molecule has 1 aromatic heterocycles. The molecule has 0 N–H and O–H groups in total. The van der Waals surface area contributed by atoms with E-state index in [1.807, 2.05) is 12.1 Å². The van der Waals surface area contributed by atoms with Gasteiger partial charge in [-0.3, -0.25) is 0 Å². The van der Waals surface area contributed by atoms with Crippen LogP contribution in [-0.4, -0.2) is 9.97 Å². The number of hydrogen-bond acceptors (Lipinski definition) is 2. The molecule has 0 aliphatic heterocycles. The Kier molecular flexibility index (Phi) is 2.08. The van der Waals surface area contributed by atoms with Gasteiger partial charge in [0.25, 0.3) is 0 Å². The van der Waals surface area contributed by atoms with Crippen molar-refractivity contribution in [1.29, 1.82) is 0 Å². The van der Waals surface area contributed by atoms with Gasteiger partial charge in [-0.25, -0.2) is 9.97 Å². The van der Waals surface area contributed by atoms with Crippen LogP contribution in [0, 0.1) is 0 Å². The average Bonchev–Trinajstić information content (AvgIpc) is 2.68. The molecule has 0 bridgehead atoms. The molecule has 0 spiro atoms. The van der Waals surface area contributed by atoms with E-state index in [9.17, 15) is 0 Å². The molecule has 0 atom stereocenters.